The summed E-state index contributed by atoms with van der Waals surface area (Å²) in [6, 6.07) is 0. The number of halogens is 14. The van der Waals surface area contributed by atoms with Crippen LogP contribution in [-0.4, -0.2) is 39.7 Å². The first kappa shape index (κ1) is 31.8. The van der Waals surface area contributed by atoms with Crippen molar-refractivity contribution in [3.05, 3.63) is 0 Å². The van der Waals surface area contributed by atoms with Crippen LogP contribution in [0.5, 0.6) is 0 Å². The molecule has 0 aromatic rings. The summed E-state index contributed by atoms with van der Waals surface area (Å²) in [6.45, 7) is 2.30. The lowest BCUT2D eigenvalue weighted by Crippen LogP contribution is -2.71. The molecular formula is C18H24F13I. The molecule has 194 valence electrons. The van der Waals surface area contributed by atoms with E-state index in [4.69, 9.17) is 0 Å². The van der Waals surface area contributed by atoms with Crippen LogP contribution in [0, 0.1) is 5.92 Å². The van der Waals surface area contributed by atoms with Gasteiger partial charge in [-0.15, -0.1) is 0 Å². The van der Waals surface area contributed by atoms with Crippen LogP contribution in [0.1, 0.15) is 65.2 Å². The minimum Gasteiger partial charge on any atom is -0.199 e. The Labute approximate surface area is 190 Å². The second-order valence-corrected chi connectivity index (χ2v) is 9.23. The molecular weight excluding hydrogens is 590 g/mol. The fourth-order valence-corrected chi connectivity index (χ4v) is 3.73. The first-order valence-electron chi connectivity index (χ1n) is 9.74. The van der Waals surface area contributed by atoms with Crippen molar-refractivity contribution in [3.63, 3.8) is 0 Å². The highest BCUT2D eigenvalue weighted by Crippen LogP contribution is 2.61. The summed E-state index contributed by atoms with van der Waals surface area (Å²) in [6.07, 6.45) is -2.54. The third-order valence-corrected chi connectivity index (χ3v) is 6.86. The molecule has 0 aliphatic heterocycles. The van der Waals surface area contributed by atoms with Crippen LogP contribution in [0.3, 0.4) is 0 Å². The van der Waals surface area contributed by atoms with E-state index in [2.05, 4.69) is 0 Å². The van der Waals surface area contributed by atoms with E-state index in [0.717, 1.165) is 25.7 Å². The Balaban J connectivity index is 5.51. The van der Waals surface area contributed by atoms with Gasteiger partial charge in [-0.25, -0.2) is 0 Å². The summed E-state index contributed by atoms with van der Waals surface area (Å²) in [4.78, 5) is 0. The van der Waals surface area contributed by atoms with Crippen molar-refractivity contribution in [2.45, 2.75) is 105 Å². The summed E-state index contributed by atoms with van der Waals surface area (Å²) >= 11 is 1.21. The van der Waals surface area contributed by atoms with Gasteiger partial charge < -0.3 is 0 Å². The predicted octanol–water partition coefficient (Wildman–Crippen LogP) is 9.31. The Morgan fingerprint density at radius 1 is 0.562 bits per heavy atom. The van der Waals surface area contributed by atoms with Crippen molar-refractivity contribution in [1.82, 2.24) is 0 Å². The van der Waals surface area contributed by atoms with Gasteiger partial charge in [0.05, 0.1) is 0 Å². The standard InChI is InChI=1S/C18H24F13I/c1-3-4-5-6-7-8-9-10-12(32)11(2)13(19,20)14(21,22)15(23,24)16(25,26)17(27,28)18(29,30)31/h11-12H,3-10H2,1-2H3. The Kier molecular flexibility index (Phi) is 11.0. The molecule has 2 atom stereocenters. The average molecular weight is 614 g/mol. The van der Waals surface area contributed by atoms with E-state index in [0.29, 0.717) is 19.8 Å². The minimum absolute atomic E-state index is 0.206. The molecule has 0 aromatic carbocycles. The van der Waals surface area contributed by atoms with E-state index in [1.807, 2.05) is 6.92 Å². The lowest BCUT2D eigenvalue weighted by molar-refractivity contribution is -0.442. The molecule has 0 aliphatic carbocycles. The molecule has 0 saturated carbocycles. The predicted molar refractivity (Wildman–Crippen MR) is 100 cm³/mol. The SMILES string of the molecule is CCCCCCCCCC(I)C(C)C(F)(F)C(F)(F)C(F)(F)C(F)(F)C(F)(F)C(F)(F)F. The van der Waals surface area contributed by atoms with Crippen molar-refractivity contribution in [1.29, 1.82) is 0 Å². The second-order valence-electron chi connectivity index (χ2n) is 7.63. The Morgan fingerprint density at radius 3 is 1.34 bits per heavy atom. The second kappa shape index (κ2) is 11.0. The number of unbranched alkanes of at least 4 members (excludes halogenated alkanes) is 6. The number of rotatable bonds is 14. The van der Waals surface area contributed by atoms with E-state index >= 15 is 0 Å². The smallest absolute Gasteiger partial charge is 0.199 e. The minimum atomic E-state index is -7.84. The average Bonchev–Trinajstić information content (AvgIpc) is 2.64. The maximum Gasteiger partial charge on any atom is 0.460 e. The van der Waals surface area contributed by atoms with Gasteiger partial charge in [-0.2, -0.15) is 57.1 Å². The zero-order chi connectivity index (χ0) is 25.8. The molecule has 0 nitrogen and oxygen atoms in total. The zero-order valence-electron chi connectivity index (χ0n) is 17.1. The van der Waals surface area contributed by atoms with Gasteiger partial charge in [-0.3, -0.25) is 0 Å². The normalized spacial score (nSPS) is 16.9. The van der Waals surface area contributed by atoms with Crippen LogP contribution in [-0.2, 0) is 0 Å². The van der Waals surface area contributed by atoms with Crippen LogP contribution in [0.2, 0.25) is 0 Å². The lowest BCUT2D eigenvalue weighted by Gasteiger charge is -2.42. The van der Waals surface area contributed by atoms with Crippen LogP contribution in [0.4, 0.5) is 57.1 Å². The molecule has 0 heterocycles. The molecule has 2 unspecified atom stereocenters. The van der Waals surface area contributed by atoms with Crippen LogP contribution >= 0.6 is 22.6 Å². The van der Waals surface area contributed by atoms with Crippen molar-refractivity contribution in [2.24, 2.45) is 5.92 Å². The third-order valence-electron chi connectivity index (χ3n) is 5.16. The maximum absolute atomic E-state index is 14.2. The van der Waals surface area contributed by atoms with Crippen molar-refractivity contribution >= 4 is 22.6 Å². The molecule has 0 radical (unpaired) electrons. The molecule has 0 bridgehead atoms. The monoisotopic (exact) mass is 614 g/mol. The van der Waals surface area contributed by atoms with Crippen molar-refractivity contribution in [3.8, 4) is 0 Å². The molecule has 0 aromatic heterocycles. The fourth-order valence-electron chi connectivity index (χ4n) is 2.84. The zero-order valence-corrected chi connectivity index (χ0v) is 19.3. The Morgan fingerprint density at radius 2 is 0.938 bits per heavy atom. The summed E-state index contributed by atoms with van der Waals surface area (Å²) < 4.78 is 171. The first-order valence-corrected chi connectivity index (χ1v) is 11.0. The molecule has 0 saturated heterocycles. The van der Waals surface area contributed by atoms with E-state index in [1.54, 1.807) is 0 Å². The van der Waals surface area contributed by atoms with Gasteiger partial charge in [0.15, 0.2) is 0 Å². The van der Waals surface area contributed by atoms with Gasteiger partial charge in [0.2, 0.25) is 0 Å². The van der Waals surface area contributed by atoms with E-state index in [1.165, 1.54) is 22.6 Å². The van der Waals surface area contributed by atoms with Crippen molar-refractivity contribution < 1.29 is 57.1 Å². The van der Waals surface area contributed by atoms with Gasteiger partial charge in [0.25, 0.3) is 0 Å². The van der Waals surface area contributed by atoms with Crippen LogP contribution in [0.25, 0.3) is 0 Å². The quantitative estimate of drug-likeness (QED) is 0.0792. The Hall–Kier alpha value is -0.180. The number of hydrogen-bond acceptors (Lipinski definition) is 0. The highest BCUT2D eigenvalue weighted by atomic mass is 127. The summed E-state index contributed by atoms with van der Waals surface area (Å²) in [5.41, 5.74) is 0. The largest absolute Gasteiger partial charge is 0.460 e. The molecule has 32 heavy (non-hydrogen) atoms. The lowest BCUT2D eigenvalue weighted by atomic mass is 9.85. The molecule has 0 N–H and O–H groups in total. The summed E-state index contributed by atoms with van der Waals surface area (Å²) in [5, 5.41) is 0. The van der Waals surface area contributed by atoms with E-state index in [-0.39, 0.29) is 12.8 Å². The van der Waals surface area contributed by atoms with E-state index in [9.17, 15) is 57.1 Å². The van der Waals surface area contributed by atoms with Gasteiger partial charge in [-0.05, 0) is 6.42 Å². The van der Waals surface area contributed by atoms with Gasteiger partial charge in [0, 0.05) is 9.84 Å². The van der Waals surface area contributed by atoms with Crippen LogP contribution < -0.4 is 0 Å². The third kappa shape index (κ3) is 6.08. The molecule has 0 rings (SSSR count). The van der Waals surface area contributed by atoms with Gasteiger partial charge in [0.1, 0.15) is 0 Å². The topological polar surface area (TPSA) is 0 Å². The number of alkyl halides is 14. The molecule has 0 fully saturated rings. The summed E-state index contributed by atoms with van der Waals surface area (Å²) in [7, 11) is 0. The van der Waals surface area contributed by atoms with Crippen molar-refractivity contribution in [2.75, 3.05) is 0 Å². The summed E-state index contributed by atoms with van der Waals surface area (Å²) in [5.74, 6) is -39.2. The number of hydrogen-bond donors (Lipinski definition) is 0. The molecule has 0 amide bonds. The maximum atomic E-state index is 14.2. The van der Waals surface area contributed by atoms with E-state index < -0.39 is 45.6 Å². The van der Waals surface area contributed by atoms with Crippen LogP contribution in [0.15, 0.2) is 0 Å². The van der Waals surface area contributed by atoms with Gasteiger partial charge >= 0.3 is 35.8 Å². The fraction of sp³-hybridized carbons (Fsp3) is 1.00. The molecule has 0 aliphatic rings. The molecule has 14 heteroatoms. The first-order chi connectivity index (χ1) is 14.1. The van der Waals surface area contributed by atoms with Gasteiger partial charge in [-0.1, -0.05) is 81.4 Å². The highest BCUT2D eigenvalue weighted by molar-refractivity contribution is 14.1. The Bertz CT molecular complexity index is 572. The molecule has 0 spiro atoms. The highest BCUT2D eigenvalue weighted by Gasteiger charge is 2.91.